The van der Waals surface area contributed by atoms with Gasteiger partial charge in [-0.1, -0.05) is 32.6 Å². The second kappa shape index (κ2) is 12.4. The molecule has 0 heterocycles. The minimum atomic E-state index is -9.07. The molecule has 0 radical (unpaired) electrons. The summed E-state index contributed by atoms with van der Waals surface area (Å²) in [5, 5.41) is 0. The van der Waals surface area contributed by atoms with Crippen LogP contribution in [0, 0.1) is 11.8 Å². The van der Waals surface area contributed by atoms with Gasteiger partial charge in [0.1, 0.15) is 0 Å². The smallest absolute Gasteiger partial charge is 0.385 e. The molecule has 1 fully saturated rings. The van der Waals surface area contributed by atoms with Gasteiger partial charge in [0.05, 0.1) is 0 Å². The number of carbonyl (C=O) groups is 1. The van der Waals surface area contributed by atoms with Crippen LogP contribution in [0.4, 0.5) is 87.8 Å². The van der Waals surface area contributed by atoms with Crippen LogP contribution in [0.15, 0.2) is 0 Å². The molecule has 0 amide bonds. The van der Waals surface area contributed by atoms with Crippen molar-refractivity contribution in [1.82, 2.24) is 0 Å². The first-order valence-corrected chi connectivity index (χ1v) is 12.2. The Kier molecular flexibility index (Phi) is 11.3. The SMILES string of the molecule is CCC[C@H]1CC[C@H](CC(=O)OCC(F)(F)C(F)(F)C(F)(F)C(F)(F)C(F)(F)C(F)(F)C(F)(F)C(F)(F)C(F)(F)C(F)F)CC1. The quantitative estimate of drug-likeness (QED) is 0.126. The fourth-order valence-electron chi connectivity index (χ4n) is 4.25. The largest absolute Gasteiger partial charge is 0.459 e. The van der Waals surface area contributed by atoms with E-state index in [4.69, 9.17) is 0 Å². The van der Waals surface area contributed by atoms with Crippen molar-refractivity contribution in [2.75, 3.05) is 6.61 Å². The van der Waals surface area contributed by atoms with Crippen molar-refractivity contribution in [1.29, 1.82) is 0 Å². The molecule has 0 aromatic rings. The Balaban J connectivity index is 3.30. The average Bonchev–Trinajstić information content (AvgIpc) is 2.87. The van der Waals surface area contributed by atoms with Crippen LogP contribution in [0.1, 0.15) is 51.9 Å². The van der Waals surface area contributed by atoms with E-state index in [9.17, 15) is 92.6 Å². The molecule has 1 rings (SSSR count). The van der Waals surface area contributed by atoms with Crippen LogP contribution in [-0.4, -0.2) is 72.3 Å². The number of rotatable bonds is 15. The molecule has 0 aromatic heterocycles. The number of hydrogen-bond acceptors (Lipinski definition) is 2. The molecule has 0 bridgehead atoms. The fraction of sp³-hybridized carbons (Fsp3) is 0.955. The molecule has 0 unspecified atom stereocenters. The summed E-state index contributed by atoms with van der Waals surface area (Å²) in [6, 6.07) is 0. The molecular weight excluding hydrogens is 676 g/mol. The van der Waals surface area contributed by atoms with Gasteiger partial charge < -0.3 is 4.74 Å². The van der Waals surface area contributed by atoms with Gasteiger partial charge in [0, 0.05) is 6.42 Å². The monoisotopic (exact) mass is 698 g/mol. The molecule has 0 saturated heterocycles. The summed E-state index contributed by atoms with van der Waals surface area (Å²) in [7, 11) is 0. The highest BCUT2D eigenvalue weighted by Crippen LogP contribution is 2.65. The van der Waals surface area contributed by atoms with Gasteiger partial charge in [-0.05, 0) is 24.7 Å². The lowest BCUT2D eigenvalue weighted by Crippen LogP contribution is -2.76. The number of carbonyl (C=O) groups excluding carboxylic acids is 1. The zero-order chi connectivity index (χ0) is 35.2. The maximum Gasteiger partial charge on any atom is 0.385 e. The van der Waals surface area contributed by atoms with Gasteiger partial charge in [-0.15, -0.1) is 0 Å². The van der Waals surface area contributed by atoms with Crippen LogP contribution in [0.2, 0.25) is 0 Å². The highest BCUT2D eigenvalue weighted by atomic mass is 19.4. The number of ether oxygens (including phenoxy) is 1. The van der Waals surface area contributed by atoms with E-state index < -0.39 is 84.6 Å². The molecule has 2 nitrogen and oxygen atoms in total. The lowest BCUT2D eigenvalue weighted by molar-refractivity contribution is -0.465. The Bertz CT molecular complexity index is 984. The van der Waals surface area contributed by atoms with Crippen molar-refractivity contribution in [2.24, 2.45) is 11.8 Å². The van der Waals surface area contributed by atoms with Crippen molar-refractivity contribution in [3.05, 3.63) is 0 Å². The molecule has 0 aliphatic heterocycles. The summed E-state index contributed by atoms with van der Waals surface area (Å²) in [6.07, 6.45) is -3.78. The second-order valence-corrected chi connectivity index (χ2v) is 10.2. The maximum absolute atomic E-state index is 13.9. The Morgan fingerprint density at radius 1 is 0.591 bits per heavy atom. The summed E-state index contributed by atoms with van der Waals surface area (Å²) in [5.74, 6) is -77.9. The Morgan fingerprint density at radius 2 is 0.932 bits per heavy atom. The first-order valence-electron chi connectivity index (χ1n) is 12.2. The van der Waals surface area contributed by atoms with Gasteiger partial charge in [0.15, 0.2) is 6.61 Å². The molecule has 262 valence electrons. The molecule has 1 aliphatic rings. The second-order valence-electron chi connectivity index (χ2n) is 10.2. The topological polar surface area (TPSA) is 26.3 Å². The number of halogens is 20. The van der Waals surface area contributed by atoms with Crippen LogP contribution in [0.3, 0.4) is 0 Å². The van der Waals surface area contributed by atoms with E-state index in [-0.39, 0.29) is 18.8 Å². The molecule has 0 aromatic carbocycles. The molecule has 1 saturated carbocycles. The molecule has 0 spiro atoms. The summed E-state index contributed by atoms with van der Waals surface area (Å²) in [4.78, 5) is 11.7. The van der Waals surface area contributed by atoms with Crippen LogP contribution >= 0.6 is 0 Å². The van der Waals surface area contributed by atoms with Crippen molar-refractivity contribution in [3.63, 3.8) is 0 Å². The zero-order valence-electron chi connectivity index (χ0n) is 21.8. The fourth-order valence-corrected chi connectivity index (χ4v) is 4.25. The highest BCUT2D eigenvalue weighted by molar-refractivity contribution is 5.69. The van der Waals surface area contributed by atoms with Gasteiger partial charge in [-0.25, -0.2) is 8.78 Å². The molecule has 0 atom stereocenters. The van der Waals surface area contributed by atoms with Crippen LogP contribution in [-0.2, 0) is 9.53 Å². The summed E-state index contributed by atoms with van der Waals surface area (Å²) < 4.78 is 273. The first-order chi connectivity index (χ1) is 19.3. The van der Waals surface area contributed by atoms with Crippen molar-refractivity contribution in [2.45, 2.75) is 112 Å². The molecule has 1 aliphatic carbocycles. The predicted molar refractivity (Wildman–Crippen MR) is 106 cm³/mol. The first kappa shape index (κ1) is 40.1. The van der Waals surface area contributed by atoms with E-state index in [2.05, 4.69) is 4.74 Å². The van der Waals surface area contributed by atoms with Gasteiger partial charge >= 0.3 is 65.7 Å². The van der Waals surface area contributed by atoms with Gasteiger partial charge in [0.2, 0.25) is 0 Å². The Hall–Kier alpha value is -1.93. The normalized spacial score (nSPS) is 20.7. The third-order valence-corrected chi connectivity index (χ3v) is 7.05. The van der Waals surface area contributed by atoms with Crippen molar-refractivity contribution >= 4 is 5.97 Å². The summed E-state index contributed by atoms with van der Waals surface area (Å²) >= 11 is 0. The number of alkyl halides is 20. The number of esters is 1. The van der Waals surface area contributed by atoms with E-state index in [1.165, 1.54) is 0 Å². The Morgan fingerprint density at radius 3 is 1.30 bits per heavy atom. The molecule has 22 heteroatoms. The highest BCUT2D eigenvalue weighted by Gasteiger charge is 2.96. The lowest BCUT2D eigenvalue weighted by atomic mass is 9.79. The molecular formula is C22H22F20O2. The molecule has 0 N–H and O–H groups in total. The Labute approximate surface area is 234 Å². The van der Waals surface area contributed by atoms with Crippen LogP contribution < -0.4 is 0 Å². The van der Waals surface area contributed by atoms with Gasteiger partial charge in [-0.2, -0.15) is 79.0 Å². The van der Waals surface area contributed by atoms with Gasteiger partial charge in [0.25, 0.3) is 0 Å². The van der Waals surface area contributed by atoms with E-state index in [0.717, 1.165) is 12.8 Å². The van der Waals surface area contributed by atoms with E-state index in [1.54, 1.807) is 0 Å². The van der Waals surface area contributed by atoms with Crippen LogP contribution in [0.25, 0.3) is 0 Å². The standard InChI is InChI=1S/C22H22F20O2/c1-2-3-10-4-6-11(7-5-10)8-12(43)44-9-14(25,26)16(29,30)18(33,34)20(37,38)22(41,42)21(39,40)19(35,36)17(31,32)15(27,28)13(23)24/h10-11,13H,2-9H2,1H3/t10-,11-. The summed E-state index contributed by atoms with van der Waals surface area (Å²) in [5.41, 5.74) is 0. The number of hydrogen-bond donors (Lipinski definition) is 0. The molecule has 44 heavy (non-hydrogen) atoms. The third kappa shape index (κ3) is 6.23. The predicted octanol–water partition coefficient (Wildman–Crippen LogP) is 9.51. The minimum absolute atomic E-state index is 0.219. The van der Waals surface area contributed by atoms with Crippen molar-refractivity contribution in [3.8, 4) is 0 Å². The lowest BCUT2D eigenvalue weighted by Gasteiger charge is -2.44. The van der Waals surface area contributed by atoms with Gasteiger partial charge in [-0.3, -0.25) is 4.79 Å². The third-order valence-electron chi connectivity index (χ3n) is 7.05. The summed E-state index contributed by atoms with van der Waals surface area (Å²) in [6.45, 7) is -1.45. The average molecular weight is 698 g/mol. The van der Waals surface area contributed by atoms with E-state index >= 15 is 0 Å². The zero-order valence-corrected chi connectivity index (χ0v) is 21.8. The van der Waals surface area contributed by atoms with Crippen molar-refractivity contribution < 1.29 is 97.3 Å². The van der Waals surface area contributed by atoms with E-state index in [0.29, 0.717) is 12.8 Å². The van der Waals surface area contributed by atoms with E-state index in [1.807, 2.05) is 6.92 Å². The maximum atomic E-state index is 13.9. The minimum Gasteiger partial charge on any atom is -0.459 e. The van der Waals surface area contributed by atoms with Crippen LogP contribution in [0.5, 0.6) is 0 Å².